The molecule has 0 N–H and O–H groups in total. The zero-order valence-corrected chi connectivity index (χ0v) is 12.8. The SMILES string of the molecule is O=C(CBr)c1ccc(Oc2cccc3ccccc23)cc1. The van der Waals surface area contributed by atoms with E-state index in [0.29, 0.717) is 10.9 Å². The Kier molecular flexibility index (Phi) is 4.02. The number of hydrogen-bond acceptors (Lipinski definition) is 2. The molecule has 0 spiro atoms. The summed E-state index contributed by atoms with van der Waals surface area (Å²) in [5.74, 6) is 1.59. The summed E-state index contributed by atoms with van der Waals surface area (Å²) in [6.07, 6.45) is 0. The van der Waals surface area contributed by atoms with Gasteiger partial charge in [0.1, 0.15) is 11.5 Å². The lowest BCUT2D eigenvalue weighted by atomic mass is 10.1. The summed E-state index contributed by atoms with van der Waals surface area (Å²) in [5, 5.41) is 2.54. The first-order chi connectivity index (χ1) is 10.3. The Bertz CT molecular complexity index is 773. The smallest absolute Gasteiger partial charge is 0.173 e. The normalized spacial score (nSPS) is 10.5. The number of ketones is 1. The van der Waals surface area contributed by atoms with E-state index in [1.807, 2.05) is 42.5 Å². The van der Waals surface area contributed by atoms with E-state index in [-0.39, 0.29) is 5.78 Å². The van der Waals surface area contributed by atoms with Crippen LogP contribution in [0, 0.1) is 0 Å². The second-order valence-corrected chi connectivity index (χ2v) is 5.22. The molecule has 21 heavy (non-hydrogen) atoms. The predicted octanol–water partition coefficient (Wildman–Crippen LogP) is 5.21. The fraction of sp³-hybridized carbons (Fsp3) is 0.0556. The minimum atomic E-state index is 0.0618. The summed E-state index contributed by atoms with van der Waals surface area (Å²) >= 11 is 3.17. The third-order valence-corrected chi connectivity index (χ3v) is 3.78. The Hall–Kier alpha value is -2.13. The number of carbonyl (C=O) groups is 1. The molecule has 3 aromatic carbocycles. The Morgan fingerprint density at radius 3 is 2.38 bits per heavy atom. The van der Waals surface area contributed by atoms with Gasteiger partial charge in [-0.15, -0.1) is 0 Å². The molecule has 0 unspecified atom stereocenters. The number of alkyl halides is 1. The summed E-state index contributed by atoms with van der Waals surface area (Å²) in [4.78, 5) is 11.6. The standard InChI is InChI=1S/C18H13BrO2/c19-12-17(20)14-8-10-15(11-9-14)21-18-7-3-5-13-4-1-2-6-16(13)18/h1-11H,12H2. The average molecular weight is 341 g/mol. The quantitative estimate of drug-likeness (QED) is 0.481. The molecule has 0 atom stereocenters. The minimum Gasteiger partial charge on any atom is -0.457 e. The average Bonchev–Trinajstić information content (AvgIpc) is 2.55. The van der Waals surface area contributed by atoms with Crippen molar-refractivity contribution in [3.63, 3.8) is 0 Å². The number of benzene rings is 3. The topological polar surface area (TPSA) is 26.3 Å². The minimum absolute atomic E-state index is 0.0618. The first-order valence-corrected chi connectivity index (χ1v) is 7.75. The highest BCUT2D eigenvalue weighted by molar-refractivity contribution is 9.09. The van der Waals surface area contributed by atoms with Crippen LogP contribution in [-0.4, -0.2) is 11.1 Å². The van der Waals surface area contributed by atoms with Gasteiger partial charge in [0, 0.05) is 10.9 Å². The predicted molar refractivity (Wildman–Crippen MR) is 88.6 cm³/mol. The van der Waals surface area contributed by atoms with Gasteiger partial charge in [0.05, 0.1) is 5.33 Å². The molecule has 0 amide bonds. The van der Waals surface area contributed by atoms with E-state index in [1.165, 1.54) is 0 Å². The molecule has 0 heterocycles. The van der Waals surface area contributed by atoms with Crippen molar-refractivity contribution < 1.29 is 9.53 Å². The lowest BCUT2D eigenvalue weighted by molar-refractivity contribution is 0.102. The lowest BCUT2D eigenvalue weighted by Crippen LogP contribution is -1.99. The second kappa shape index (κ2) is 6.10. The van der Waals surface area contributed by atoms with Crippen LogP contribution in [0.4, 0.5) is 0 Å². The van der Waals surface area contributed by atoms with Crippen molar-refractivity contribution in [1.29, 1.82) is 0 Å². The van der Waals surface area contributed by atoms with Crippen LogP contribution in [0.15, 0.2) is 66.7 Å². The summed E-state index contributed by atoms with van der Waals surface area (Å²) in [7, 11) is 0. The van der Waals surface area contributed by atoms with Gasteiger partial charge in [-0.05, 0) is 35.7 Å². The molecule has 0 aliphatic rings. The summed E-state index contributed by atoms with van der Waals surface area (Å²) < 4.78 is 5.94. The van der Waals surface area contributed by atoms with E-state index in [0.717, 1.165) is 22.3 Å². The number of carbonyl (C=O) groups excluding carboxylic acids is 1. The van der Waals surface area contributed by atoms with Gasteiger partial charge >= 0.3 is 0 Å². The van der Waals surface area contributed by atoms with E-state index < -0.39 is 0 Å². The molecule has 0 bridgehead atoms. The summed E-state index contributed by atoms with van der Waals surface area (Å²) in [5.41, 5.74) is 0.678. The first kappa shape index (κ1) is 13.8. The van der Waals surface area contributed by atoms with Crippen molar-refractivity contribution in [2.24, 2.45) is 0 Å². The Labute approximate surface area is 131 Å². The van der Waals surface area contributed by atoms with Gasteiger partial charge in [-0.1, -0.05) is 52.3 Å². The molecule has 3 aromatic rings. The highest BCUT2D eigenvalue weighted by atomic mass is 79.9. The molecular weight excluding hydrogens is 328 g/mol. The van der Waals surface area contributed by atoms with Crippen LogP contribution >= 0.6 is 15.9 Å². The number of hydrogen-bond donors (Lipinski definition) is 0. The molecule has 2 nitrogen and oxygen atoms in total. The lowest BCUT2D eigenvalue weighted by Gasteiger charge is -2.09. The maximum absolute atomic E-state index is 11.6. The summed E-state index contributed by atoms with van der Waals surface area (Å²) in [6.45, 7) is 0. The maximum atomic E-state index is 11.6. The highest BCUT2D eigenvalue weighted by Gasteiger charge is 2.06. The van der Waals surface area contributed by atoms with Crippen molar-refractivity contribution in [2.75, 3.05) is 5.33 Å². The second-order valence-electron chi connectivity index (χ2n) is 4.66. The molecule has 0 saturated carbocycles. The first-order valence-electron chi connectivity index (χ1n) is 6.63. The van der Waals surface area contributed by atoms with Crippen LogP contribution in [0.2, 0.25) is 0 Å². The molecule has 0 aliphatic carbocycles. The molecule has 0 radical (unpaired) electrons. The molecule has 0 aliphatic heterocycles. The van der Waals surface area contributed by atoms with Gasteiger partial charge < -0.3 is 4.74 Å². The van der Waals surface area contributed by atoms with Crippen LogP contribution in [0.5, 0.6) is 11.5 Å². The third-order valence-electron chi connectivity index (χ3n) is 3.28. The Morgan fingerprint density at radius 2 is 1.62 bits per heavy atom. The fourth-order valence-corrected chi connectivity index (χ4v) is 2.52. The van der Waals surface area contributed by atoms with Crippen molar-refractivity contribution in [3.05, 3.63) is 72.3 Å². The number of Topliss-reactive ketones (excluding diaryl/α,β-unsaturated/α-hetero) is 1. The van der Waals surface area contributed by atoms with Crippen molar-refractivity contribution in [1.82, 2.24) is 0 Å². The van der Waals surface area contributed by atoms with Crippen molar-refractivity contribution >= 4 is 32.5 Å². The number of halogens is 1. The number of ether oxygens (including phenoxy) is 1. The molecular formula is C18H13BrO2. The van der Waals surface area contributed by atoms with Crippen molar-refractivity contribution in [3.8, 4) is 11.5 Å². The molecule has 3 heteroatoms. The van der Waals surface area contributed by atoms with Crippen LogP contribution < -0.4 is 4.74 Å². The van der Waals surface area contributed by atoms with Gasteiger partial charge in [-0.25, -0.2) is 0 Å². The molecule has 3 rings (SSSR count). The Morgan fingerprint density at radius 1 is 0.905 bits per heavy atom. The van der Waals surface area contributed by atoms with Crippen LogP contribution in [-0.2, 0) is 0 Å². The van der Waals surface area contributed by atoms with Crippen LogP contribution in [0.25, 0.3) is 10.8 Å². The van der Waals surface area contributed by atoms with Crippen LogP contribution in [0.3, 0.4) is 0 Å². The van der Waals surface area contributed by atoms with Gasteiger partial charge in [0.2, 0.25) is 0 Å². The fourth-order valence-electron chi connectivity index (χ4n) is 2.20. The monoisotopic (exact) mass is 340 g/mol. The number of fused-ring (bicyclic) bond motifs is 1. The van der Waals surface area contributed by atoms with Gasteiger partial charge in [0.25, 0.3) is 0 Å². The maximum Gasteiger partial charge on any atom is 0.173 e. The van der Waals surface area contributed by atoms with Crippen LogP contribution in [0.1, 0.15) is 10.4 Å². The van der Waals surface area contributed by atoms with E-state index in [4.69, 9.17) is 4.74 Å². The third kappa shape index (κ3) is 2.98. The molecule has 0 fully saturated rings. The van der Waals surface area contributed by atoms with Gasteiger partial charge in [0.15, 0.2) is 5.78 Å². The zero-order valence-electron chi connectivity index (χ0n) is 11.3. The molecule has 104 valence electrons. The highest BCUT2D eigenvalue weighted by Crippen LogP contribution is 2.29. The van der Waals surface area contributed by atoms with E-state index in [2.05, 4.69) is 28.1 Å². The molecule has 0 saturated heterocycles. The van der Waals surface area contributed by atoms with E-state index in [9.17, 15) is 4.79 Å². The summed E-state index contributed by atoms with van der Waals surface area (Å²) in [6, 6.07) is 21.3. The number of rotatable bonds is 4. The van der Waals surface area contributed by atoms with Gasteiger partial charge in [-0.3, -0.25) is 4.79 Å². The largest absolute Gasteiger partial charge is 0.457 e. The van der Waals surface area contributed by atoms with E-state index >= 15 is 0 Å². The molecule has 0 aromatic heterocycles. The van der Waals surface area contributed by atoms with Crippen molar-refractivity contribution in [2.45, 2.75) is 0 Å². The van der Waals surface area contributed by atoms with E-state index in [1.54, 1.807) is 12.1 Å². The Balaban J connectivity index is 1.90. The zero-order chi connectivity index (χ0) is 14.7. The van der Waals surface area contributed by atoms with Gasteiger partial charge in [-0.2, -0.15) is 0 Å².